The maximum atomic E-state index is 13.7. The maximum Gasteiger partial charge on any atom is 0.410 e. The van der Waals surface area contributed by atoms with Crippen LogP contribution in [0, 0.1) is 17.8 Å². The van der Waals surface area contributed by atoms with Crippen LogP contribution in [0.1, 0.15) is 61.3 Å². The summed E-state index contributed by atoms with van der Waals surface area (Å²) in [4.78, 5) is 40.2. The Labute approximate surface area is 242 Å². The zero-order chi connectivity index (χ0) is 29.4. The number of nitrogens with zero attached hydrogens (tertiary/aromatic N) is 1. The number of alkyl carbamates (subject to hydrolysis) is 1. The molecule has 3 atom stereocenters. The first kappa shape index (κ1) is 28.4. The summed E-state index contributed by atoms with van der Waals surface area (Å²) in [6, 6.07) is 10.9. The number of urea groups is 1. The lowest BCUT2D eigenvalue weighted by Gasteiger charge is -2.33. The third-order valence-electron chi connectivity index (χ3n) is 8.89. The van der Waals surface area contributed by atoms with Crippen LogP contribution in [0.2, 0.25) is 0 Å². The van der Waals surface area contributed by atoms with Crippen molar-refractivity contribution in [1.82, 2.24) is 15.5 Å². The molecule has 3 N–H and O–H groups in total. The molecule has 2 aromatic rings. The van der Waals surface area contributed by atoms with Crippen molar-refractivity contribution in [2.45, 2.75) is 75.9 Å². The zero-order valence-electron chi connectivity index (χ0n) is 23.2. The molecule has 2 saturated carbocycles. The van der Waals surface area contributed by atoms with E-state index >= 15 is 0 Å². The third kappa shape index (κ3) is 6.34. The topological polar surface area (TPSA) is 99.8 Å². The van der Waals surface area contributed by atoms with Gasteiger partial charge in [-0.05, 0) is 91.5 Å². The van der Waals surface area contributed by atoms with Crippen LogP contribution < -0.4 is 16.0 Å². The van der Waals surface area contributed by atoms with Gasteiger partial charge in [0.1, 0.15) is 18.7 Å². The van der Waals surface area contributed by atoms with Crippen LogP contribution in [-0.4, -0.2) is 47.7 Å². The number of nitrogens with one attached hydrogen (secondary N) is 3. The number of carbonyl (C=O) groups excluding carboxylic acids is 3. The van der Waals surface area contributed by atoms with E-state index in [9.17, 15) is 27.6 Å². The molecule has 11 heteroatoms. The minimum Gasteiger partial charge on any atom is -0.445 e. The Kier molecular flexibility index (Phi) is 7.76. The summed E-state index contributed by atoms with van der Waals surface area (Å²) in [5.74, 6) is 0.499. The van der Waals surface area contributed by atoms with Gasteiger partial charge in [-0.15, -0.1) is 0 Å². The van der Waals surface area contributed by atoms with E-state index in [1.807, 2.05) is 36.4 Å². The van der Waals surface area contributed by atoms with Crippen LogP contribution in [0.5, 0.6) is 0 Å². The number of benzene rings is 2. The van der Waals surface area contributed by atoms with E-state index < -0.39 is 43.0 Å². The van der Waals surface area contributed by atoms with Gasteiger partial charge in [0.05, 0.1) is 12.6 Å². The first-order valence-corrected chi connectivity index (χ1v) is 14.7. The van der Waals surface area contributed by atoms with Crippen molar-refractivity contribution in [3.05, 3.63) is 65.2 Å². The molecule has 0 radical (unpaired) electrons. The molecule has 0 aromatic heterocycles. The fraction of sp³-hybridized carbons (Fsp3) is 0.516. The molecule has 4 aliphatic rings. The summed E-state index contributed by atoms with van der Waals surface area (Å²) in [5, 5.41) is 7.90. The molecule has 0 bridgehead atoms. The molecule has 6 rings (SSSR count). The molecule has 8 nitrogen and oxygen atoms in total. The number of ether oxygens (including phenoxy) is 1. The molecule has 0 spiro atoms. The zero-order valence-corrected chi connectivity index (χ0v) is 23.2. The van der Waals surface area contributed by atoms with Gasteiger partial charge in [-0.1, -0.05) is 36.4 Å². The Morgan fingerprint density at radius 1 is 1.02 bits per heavy atom. The molecule has 1 aliphatic heterocycles. The normalized spacial score (nSPS) is 22.8. The number of fused-ring (bicyclic) bond motifs is 1. The average molecular weight is 585 g/mol. The lowest BCUT2D eigenvalue weighted by molar-refractivity contribution is -0.150. The van der Waals surface area contributed by atoms with Crippen molar-refractivity contribution in [3.63, 3.8) is 0 Å². The lowest BCUT2D eigenvalue weighted by atomic mass is 9.86. The van der Waals surface area contributed by atoms with Crippen LogP contribution in [0.25, 0.3) is 0 Å². The number of aryl methyl sites for hydroxylation is 1. The molecule has 4 amide bonds. The van der Waals surface area contributed by atoms with Gasteiger partial charge in [0.2, 0.25) is 5.91 Å². The van der Waals surface area contributed by atoms with Gasteiger partial charge in [-0.2, -0.15) is 13.2 Å². The number of carbonyl (C=O) groups is 3. The van der Waals surface area contributed by atoms with Gasteiger partial charge in [0.25, 0.3) is 0 Å². The first-order chi connectivity index (χ1) is 20.2. The molecule has 2 aromatic carbocycles. The summed E-state index contributed by atoms with van der Waals surface area (Å²) in [6.07, 6.45) is 0.949. The molecule has 1 saturated heterocycles. The van der Waals surface area contributed by atoms with Crippen molar-refractivity contribution >= 4 is 23.7 Å². The third-order valence-corrected chi connectivity index (χ3v) is 8.89. The smallest absolute Gasteiger partial charge is 0.410 e. The van der Waals surface area contributed by atoms with Crippen molar-refractivity contribution in [3.8, 4) is 0 Å². The van der Waals surface area contributed by atoms with E-state index in [2.05, 4.69) is 16.0 Å². The fourth-order valence-corrected chi connectivity index (χ4v) is 6.54. The van der Waals surface area contributed by atoms with Crippen LogP contribution in [-0.2, 0) is 22.6 Å². The summed E-state index contributed by atoms with van der Waals surface area (Å²) in [7, 11) is 0. The molecule has 3 fully saturated rings. The van der Waals surface area contributed by atoms with E-state index in [1.54, 1.807) is 12.1 Å². The highest BCUT2D eigenvalue weighted by Gasteiger charge is 2.50. The van der Waals surface area contributed by atoms with E-state index in [1.165, 1.54) is 4.90 Å². The molecular weight excluding hydrogens is 549 g/mol. The second-order valence-electron chi connectivity index (χ2n) is 11.9. The number of hydrogen-bond donors (Lipinski definition) is 3. The molecule has 42 heavy (non-hydrogen) atoms. The number of amides is 4. The molecule has 0 unspecified atom stereocenters. The monoisotopic (exact) mass is 584 g/mol. The van der Waals surface area contributed by atoms with Gasteiger partial charge in [0.15, 0.2) is 0 Å². The quantitative estimate of drug-likeness (QED) is 0.353. The maximum absolute atomic E-state index is 13.7. The van der Waals surface area contributed by atoms with Crippen molar-refractivity contribution in [1.29, 1.82) is 0 Å². The number of anilines is 1. The van der Waals surface area contributed by atoms with E-state index in [0.29, 0.717) is 36.8 Å². The van der Waals surface area contributed by atoms with E-state index in [0.717, 1.165) is 42.4 Å². The molecule has 3 aliphatic carbocycles. The molecular formula is C31H35F3N4O4. The van der Waals surface area contributed by atoms with Crippen LogP contribution >= 0.6 is 0 Å². The van der Waals surface area contributed by atoms with Crippen LogP contribution in [0.3, 0.4) is 0 Å². The second-order valence-corrected chi connectivity index (χ2v) is 11.9. The second kappa shape index (κ2) is 11.5. The fourth-order valence-electron chi connectivity index (χ4n) is 6.54. The van der Waals surface area contributed by atoms with Crippen molar-refractivity contribution in [2.24, 2.45) is 17.8 Å². The Morgan fingerprint density at radius 2 is 1.74 bits per heavy atom. The highest BCUT2D eigenvalue weighted by molar-refractivity contribution is 5.97. The summed E-state index contributed by atoms with van der Waals surface area (Å²) < 4.78 is 45.2. The van der Waals surface area contributed by atoms with E-state index in [4.69, 9.17) is 4.74 Å². The SMILES string of the molecule is O=C(N[C@H](C(=O)Nc1ccc2c(c1)CCC[C@H]2N1C[C@@H](C(F)(F)F)NC1=O)C(C1CC1)C1CC1)OCc1ccccc1. The Balaban J connectivity index is 1.15. The Bertz CT molecular complexity index is 1320. The molecule has 1 heterocycles. The first-order valence-electron chi connectivity index (χ1n) is 14.7. The van der Waals surface area contributed by atoms with Crippen LogP contribution in [0.4, 0.5) is 28.4 Å². The average Bonchev–Trinajstić information content (AvgIpc) is 3.91. The number of hydrogen-bond acceptors (Lipinski definition) is 4. The predicted molar refractivity (Wildman–Crippen MR) is 148 cm³/mol. The summed E-state index contributed by atoms with van der Waals surface area (Å²) >= 11 is 0. The minimum atomic E-state index is -4.51. The number of rotatable bonds is 9. The van der Waals surface area contributed by atoms with Gasteiger partial charge < -0.3 is 25.6 Å². The Hall–Kier alpha value is -3.76. The summed E-state index contributed by atoms with van der Waals surface area (Å²) in [5.41, 5.74) is 3.08. The summed E-state index contributed by atoms with van der Waals surface area (Å²) in [6.45, 7) is -0.328. The van der Waals surface area contributed by atoms with Crippen molar-refractivity contribution < 1.29 is 32.3 Å². The lowest BCUT2D eigenvalue weighted by Crippen LogP contribution is -2.50. The minimum absolute atomic E-state index is 0.0338. The number of halogens is 3. The van der Waals surface area contributed by atoms with Crippen molar-refractivity contribution in [2.75, 3.05) is 11.9 Å². The molecule has 224 valence electrons. The Morgan fingerprint density at radius 3 is 2.38 bits per heavy atom. The van der Waals surface area contributed by atoms with Gasteiger partial charge in [0, 0.05) is 5.69 Å². The highest BCUT2D eigenvalue weighted by atomic mass is 19.4. The van der Waals surface area contributed by atoms with Gasteiger partial charge >= 0.3 is 18.3 Å². The van der Waals surface area contributed by atoms with Gasteiger partial charge in [-0.3, -0.25) is 4.79 Å². The largest absolute Gasteiger partial charge is 0.445 e. The number of alkyl halides is 3. The predicted octanol–water partition coefficient (Wildman–Crippen LogP) is 5.69. The standard InChI is InChI=1S/C31H35F3N4O4/c32-31(33,34)25-16-38(29(40)36-25)24-8-4-7-21-15-22(13-14-23(21)24)35-28(39)27(26(19-9-10-19)20-11-12-20)37-30(41)42-17-18-5-2-1-3-6-18/h1-3,5-6,13-15,19-20,24-27H,4,7-12,16-17H2,(H,35,39)(H,36,40)(H,37,41)/t24-,25+,27+/m1/s1. The van der Waals surface area contributed by atoms with Crippen LogP contribution in [0.15, 0.2) is 48.5 Å². The highest BCUT2D eigenvalue weighted by Crippen LogP contribution is 2.51. The van der Waals surface area contributed by atoms with Gasteiger partial charge in [-0.25, -0.2) is 9.59 Å². The van der Waals surface area contributed by atoms with E-state index in [-0.39, 0.29) is 18.4 Å².